The largest absolute Gasteiger partial charge is 0.337 e. The van der Waals surface area contributed by atoms with E-state index in [1.807, 2.05) is 34.1 Å². The minimum atomic E-state index is -0.276. The predicted octanol–water partition coefficient (Wildman–Crippen LogP) is 4.81. The fourth-order valence-electron chi connectivity index (χ4n) is 3.91. The first-order chi connectivity index (χ1) is 15.6. The molecule has 2 aromatic rings. The average molecular weight is 518 g/mol. The van der Waals surface area contributed by atoms with Gasteiger partial charge in [0.05, 0.1) is 0 Å². The molecule has 1 heterocycles. The van der Waals surface area contributed by atoms with Crippen molar-refractivity contribution in [1.82, 2.24) is 14.7 Å². The highest BCUT2D eigenvalue weighted by Gasteiger charge is 2.25. The maximum Gasteiger partial charge on any atom is 0.253 e. The standard InChI is InChI=1S/C26H33BrFN3O2/c1-26(2,3)18-24(32)31(19-20-7-9-23(28)10-8-20)16-13-29-11-14-30(15-12-29)25(33)21-5-4-6-22(27)17-21/h4-10,17H,11-16,18-19H2,1-3H3. The van der Waals surface area contributed by atoms with E-state index in [0.29, 0.717) is 38.2 Å². The molecule has 1 aliphatic heterocycles. The zero-order valence-electron chi connectivity index (χ0n) is 19.7. The zero-order chi connectivity index (χ0) is 24.0. The highest BCUT2D eigenvalue weighted by atomic mass is 79.9. The molecule has 0 bridgehead atoms. The van der Waals surface area contributed by atoms with Crippen LogP contribution in [-0.4, -0.2) is 65.8 Å². The fraction of sp³-hybridized carbons (Fsp3) is 0.462. The number of nitrogens with zero attached hydrogens (tertiary/aromatic N) is 3. The van der Waals surface area contributed by atoms with Crippen LogP contribution in [0.2, 0.25) is 0 Å². The van der Waals surface area contributed by atoms with E-state index in [1.165, 1.54) is 12.1 Å². The van der Waals surface area contributed by atoms with Crippen LogP contribution in [0.25, 0.3) is 0 Å². The number of rotatable bonds is 7. The van der Waals surface area contributed by atoms with Crippen LogP contribution in [-0.2, 0) is 11.3 Å². The Hall–Kier alpha value is -2.25. The van der Waals surface area contributed by atoms with Crippen molar-refractivity contribution in [2.45, 2.75) is 33.7 Å². The monoisotopic (exact) mass is 517 g/mol. The van der Waals surface area contributed by atoms with Gasteiger partial charge >= 0.3 is 0 Å². The van der Waals surface area contributed by atoms with E-state index in [4.69, 9.17) is 0 Å². The molecule has 1 saturated heterocycles. The van der Waals surface area contributed by atoms with Gasteiger partial charge in [0.1, 0.15) is 5.82 Å². The molecule has 0 radical (unpaired) electrons. The summed E-state index contributed by atoms with van der Waals surface area (Å²) < 4.78 is 14.2. The molecule has 33 heavy (non-hydrogen) atoms. The van der Waals surface area contributed by atoms with Crippen LogP contribution in [0, 0.1) is 11.2 Å². The van der Waals surface area contributed by atoms with E-state index in [9.17, 15) is 14.0 Å². The fourth-order valence-corrected chi connectivity index (χ4v) is 4.31. The summed E-state index contributed by atoms with van der Waals surface area (Å²) in [6.07, 6.45) is 0.461. The smallest absolute Gasteiger partial charge is 0.253 e. The van der Waals surface area contributed by atoms with Gasteiger partial charge in [-0.25, -0.2) is 4.39 Å². The molecule has 0 spiro atoms. The van der Waals surface area contributed by atoms with Gasteiger partial charge in [-0.15, -0.1) is 0 Å². The van der Waals surface area contributed by atoms with Crippen LogP contribution in [0.15, 0.2) is 53.0 Å². The van der Waals surface area contributed by atoms with Crippen molar-refractivity contribution in [3.05, 3.63) is 69.9 Å². The first kappa shape index (κ1) is 25.4. The summed E-state index contributed by atoms with van der Waals surface area (Å²) >= 11 is 3.43. The van der Waals surface area contributed by atoms with E-state index in [1.54, 1.807) is 12.1 Å². The summed E-state index contributed by atoms with van der Waals surface area (Å²) in [5, 5.41) is 0. The third-order valence-corrected chi connectivity index (χ3v) is 6.23. The van der Waals surface area contributed by atoms with Gasteiger partial charge in [-0.2, -0.15) is 0 Å². The summed E-state index contributed by atoms with van der Waals surface area (Å²) in [6.45, 7) is 10.9. The van der Waals surface area contributed by atoms with Crippen molar-refractivity contribution in [3.63, 3.8) is 0 Å². The molecule has 1 aliphatic rings. The van der Waals surface area contributed by atoms with Crippen LogP contribution < -0.4 is 0 Å². The number of piperazine rings is 1. The molecule has 0 aliphatic carbocycles. The second-order valence-corrected chi connectivity index (χ2v) is 10.7. The lowest BCUT2D eigenvalue weighted by Crippen LogP contribution is -2.50. The topological polar surface area (TPSA) is 43.9 Å². The van der Waals surface area contributed by atoms with Crippen molar-refractivity contribution in [2.24, 2.45) is 5.41 Å². The SMILES string of the molecule is CC(C)(C)CC(=O)N(CCN1CCN(C(=O)c2cccc(Br)c2)CC1)Cc1ccc(F)cc1. The molecule has 2 aromatic carbocycles. The Bertz CT molecular complexity index is 951. The van der Waals surface area contributed by atoms with E-state index in [2.05, 4.69) is 41.6 Å². The third kappa shape index (κ3) is 7.93. The molecule has 178 valence electrons. The first-order valence-corrected chi connectivity index (χ1v) is 12.2. The van der Waals surface area contributed by atoms with Crippen molar-refractivity contribution < 1.29 is 14.0 Å². The Balaban J connectivity index is 1.56. The van der Waals surface area contributed by atoms with Gasteiger partial charge in [0.2, 0.25) is 5.91 Å². The summed E-state index contributed by atoms with van der Waals surface area (Å²) in [4.78, 5) is 31.8. The number of carbonyl (C=O) groups excluding carboxylic acids is 2. The van der Waals surface area contributed by atoms with E-state index >= 15 is 0 Å². The molecule has 0 unspecified atom stereocenters. The molecule has 7 heteroatoms. The number of amides is 2. The maximum absolute atomic E-state index is 13.3. The Morgan fingerprint density at radius 2 is 1.70 bits per heavy atom. The second-order valence-electron chi connectivity index (χ2n) is 9.82. The van der Waals surface area contributed by atoms with Gasteiger partial charge < -0.3 is 9.80 Å². The number of halogens is 2. The molecular formula is C26H33BrFN3O2. The third-order valence-electron chi connectivity index (χ3n) is 5.74. The van der Waals surface area contributed by atoms with Crippen molar-refractivity contribution in [2.75, 3.05) is 39.3 Å². The first-order valence-electron chi connectivity index (χ1n) is 11.4. The molecule has 3 rings (SSSR count). The second kappa shape index (κ2) is 11.3. The minimum absolute atomic E-state index is 0.0502. The summed E-state index contributed by atoms with van der Waals surface area (Å²) in [5.74, 6) is -0.119. The number of carbonyl (C=O) groups is 2. The molecule has 0 N–H and O–H groups in total. The van der Waals surface area contributed by atoms with Crippen LogP contribution in [0.5, 0.6) is 0 Å². The Morgan fingerprint density at radius 1 is 1.03 bits per heavy atom. The van der Waals surface area contributed by atoms with Crippen molar-refractivity contribution in [3.8, 4) is 0 Å². The normalized spacial score (nSPS) is 14.9. The van der Waals surface area contributed by atoms with E-state index in [-0.39, 0.29) is 23.0 Å². The maximum atomic E-state index is 13.3. The lowest BCUT2D eigenvalue weighted by molar-refractivity contribution is -0.134. The van der Waals surface area contributed by atoms with Gasteiger partial charge in [-0.05, 0) is 41.3 Å². The molecule has 0 saturated carbocycles. The van der Waals surface area contributed by atoms with Crippen LogP contribution in [0.4, 0.5) is 4.39 Å². The number of hydrogen-bond acceptors (Lipinski definition) is 3. The summed E-state index contributed by atoms with van der Waals surface area (Å²) in [7, 11) is 0. The quantitative estimate of drug-likeness (QED) is 0.529. The predicted molar refractivity (Wildman–Crippen MR) is 132 cm³/mol. The highest BCUT2D eigenvalue weighted by Crippen LogP contribution is 2.21. The van der Waals surface area contributed by atoms with Gasteiger partial charge in [-0.3, -0.25) is 14.5 Å². The Labute approximate surface area is 204 Å². The van der Waals surface area contributed by atoms with Gasteiger partial charge in [0.25, 0.3) is 5.91 Å². The lowest BCUT2D eigenvalue weighted by atomic mass is 9.91. The molecule has 2 amide bonds. The van der Waals surface area contributed by atoms with E-state index < -0.39 is 0 Å². The van der Waals surface area contributed by atoms with Crippen LogP contribution in [0.1, 0.15) is 43.1 Å². The van der Waals surface area contributed by atoms with Crippen LogP contribution >= 0.6 is 15.9 Å². The molecule has 0 atom stereocenters. The molecule has 0 aromatic heterocycles. The van der Waals surface area contributed by atoms with Gasteiger partial charge in [0.15, 0.2) is 0 Å². The number of benzene rings is 2. The molecule has 5 nitrogen and oxygen atoms in total. The average Bonchev–Trinajstić information content (AvgIpc) is 2.76. The summed E-state index contributed by atoms with van der Waals surface area (Å²) in [6, 6.07) is 13.8. The Morgan fingerprint density at radius 3 is 2.30 bits per heavy atom. The molecule has 1 fully saturated rings. The van der Waals surface area contributed by atoms with Gasteiger partial charge in [-0.1, -0.05) is 54.9 Å². The van der Waals surface area contributed by atoms with E-state index in [0.717, 1.165) is 29.7 Å². The van der Waals surface area contributed by atoms with Gasteiger partial charge in [0, 0.05) is 62.3 Å². The van der Waals surface area contributed by atoms with Crippen molar-refractivity contribution >= 4 is 27.7 Å². The Kier molecular flexibility index (Phi) is 8.65. The minimum Gasteiger partial charge on any atom is -0.337 e. The number of hydrogen-bond donors (Lipinski definition) is 0. The molecular weight excluding hydrogens is 485 g/mol. The lowest BCUT2D eigenvalue weighted by Gasteiger charge is -2.36. The highest BCUT2D eigenvalue weighted by molar-refractivity contribution is 9.10. The zero-order valence-corrected chi connectivity index (χ0v) is 21.3. The summed E-state index contributed by atoms with van der Waals surface area (Å²) in [5.41, 5.74) is 1.51. The van der Waals surface area contributed by atoms with Crippen molar-refractivity contribution in [1.29, 1.82) is 0 Å². The van der Waals surface area contributed by atoms with Crippen LogP contribution in [0.3, 0.4) is 0 Å².